The highest BCUT2D eigenvalue weighted by Gasteiger charge is 2.11. The second-order valence-electron chi connectivity index (χ2n) is 4.20. The zero-order chi connectivity index (χ0) is 15.1. The van der Waals surface area contributed by atoms with Gasteiger partial charge in [-0.1, -0.05) is 17.3 Å². The SMILES string of the molecule is Nc1ccccc1SCCS(=O)(=O)NCCc1ncon1. The molecule has 114 valence electrons. The molecular weight excluding hydrogens is 312 g/mol. The lowest BCUT2D eigenvalue weighted by Crippen LogP contribution is -2.29. The standard InChI is InChI=1S/C12H16N4O3S2/c13-10-3-1-2-4-11(10)20-7-8-21(17,18)15-6-5-12-14-9-19-16-12/h1-4,9,15H,5-8,13H2. The highest BCUT2D eigenvalue weighted by Crippen LogP contribution is 2.24. The first-order valence-electron chi connectivity index (χ1n) is 6.27. The molecule has 1 aromatic carbocycles. The Morgan fingerprint density at radius 1 is 1.33 bits per heavy atom. The molecule has 0 atom stereocenters. The first-order valence-corrected chi connectivity index (χ1v) is 8.90. The van der Waals surface area contributed by atoms with Gasteiger partial charge in [0.25, 0.3) is 0 Å². The Morgan fingerprint density at radius 3 is 2.86 bits per heavy atom. The van der Waals surface area contributed by atoms with Crippen LogP contribution in [0.3, 0.4) is 0 Å². The van der Waals surface area contributed by atoms with Crippen molar-refractivity contribution in [1.82, 2.24) is 14.9 Å². The molecule has 21 heavy (non-hydrogen) atoms. The number of nitrogen functional groups attached to an aromatic ring is 1. The number of para-hydroxylation sites is 1. The Balaban J connectivity index is 1.72. The number of benzene rings is 1. The molecule has 9 heteroatoms. The molecular formula is C12H16N4O3S2. The van der Waals surface area contributed by atoms with Crippen molar-refractivity contribution in [1.29, 1.82) is 0 Å². The van der Waals surface area contributed by atoms with Gasteiger partial charge in [-0.3, -0.25) is 0 Å². The van der Waals surface area contributed by atoms with Gasteiger partial charge in [-0.05, 0) is 12.1 Å². The number of nitrogens with one attached hydrogen (secondary N) is 1. The molecule has 3 N–H and O–H groups in total. The minimum atomic E-state index is -3.32. The van der Waals surface area contributed by atoms with Crippen LogP contribution in [-0.4, -0.2) is 36.6 Å². The van der Waals surface area contributed by atoms with Crippen molar-refractivity contribution in [2.24, 2.45) is 0 Å². The minimum Gasteiger partial charge on any atom is -0.398 e. The fourth-order valence-corrected chi connectivity index (χ4v) is 3.96. The molecule has 0 unspecified atom stereocenters. The third kappa shape index (κ3) is 5.37. The molecule has 0 aliphatic heterocycles. The van der Waals surface area contributed by atoms with Crippen molar-refractivity contribution in [2.45, 2.75) is 11.3 Å². The Morgan fingerprint density at radius 2 is 2.14 bits per heavy atom. The topological polar surface area (TPSA) is 111 Å². The van der Waals surface area contributed by atoms with Crippen LogP contribution in [0.2, 0.25) is 0 Å². The fourth-order valence-electron chi connectivity index (χ4n) is 1.57. The predicted molar refractivity (Wildman–Crippen MR) is 81.4 cm³/mol. The molecule has 0 aliphatic rings. The molecule has 0 saturated heterocycles. The predicted octanol–water partition coefficient (Wildman–Crippen LogP) is 0.906. The van der Waals surface area contributed by atoms with E-state index in [9.17, 15) is 8.42 Å². The number of aromatic nitrogens is 2. The zero-order valence-corrected chi connectivity index (χ0v) is 12.9. The van der Waals surface area contributed by atoms with Gasteiger partial charge < -0.3 is 10.3 Å². The van der Waals surface area contributed by atoms with Crippen molar-refractivity contribution < 1.29 is 12.9 Å². The molecule has 1 heterocycles. The quantitative estimate of drug-likeness (QED) is 0.547. The maximum absolute atomic E-state index is 11.8. The normalized spacial score (nSPS) is 11.6. The van der Waals surface area contributed by atoms with Gasteiger partial charge in [-0.25, -0.2) is 13.1 Å². The van der Waals surface area contributed by atoms with Crippen molar-refractivity contribution in [2.75, 3.05) is 23.8 Å². The Kier molecular flexibility index (Phi) is 5.59. The lowest BCUT2D eigenvalue weighted by atomic mass is 10.3. The largest absolute Gasteiger partial charge is 0.398 e. The number of sulfonamides is 1. The second kappa shape index (κ2) is 7.43. The van der Waals surface area contributed by atoms with E-state index in [4.69, 9.17) is 5.73 Å². The molecule has 2 aromatic rings. The summed E-state index contributed by atoms with van der Waals surface area (Å²) in [5, 5.41) is 3.61. The maximum Gasteiger partial charge on any atom is 0.213 e. The van der Waals surface area contributed by atoms with Crippen LogP contribution in [0, 0.1) is 0 Å². The smallest absolute Gasteiger partial charge is 0.213 e. The zero-order valence-electron chi connectivity index (χ0n) is 11.2. The van der Waals surface area contributed by atoms with E-state index in [1.807, 2.05) is 18.2 Å². The third-order valence-corrected chi connectivity index (χ3v) is 5.34. The van der Waals surface area contributed by atoms with Crippen molar-refractivity contribution in [3.8, 4) is 0 Å². The van der Waals surface area contributed by atoms with Crippen molar-refractivity contribution in [3.63, 3.8) is 0 Å². The van der Waals surface area contributed by atoms with Crippen molar-refractivity contribution >= 4 is 27.5 Å². The van der Waals surface area contributed by atoms with Gasteiger partial charge in [0.2, 0.25) is 16.4 Å². The summed E-state index contributed by atoms with van der Waals surface area (Å²) in [5.41, 5.74) is 6.45. The number of anilines is 1. The average molecular weight is 328 g/mol. The van der Waals surface area contributed by atoms with Gasteiger partial charge in [0.15, 0.2) is 5.82 Å². The average Bonchev–Trinajstić information content (AvgIpc) is 2.94. The van der Waals surface area contributed by atoms with Gasteiger partial charge in [-0.2, -0.15) is 4.98 Å². The lowest BCUT2D eigenvalue weighted by molar-refractivity contribution is 0.410. The van der Waals surface area contributed by atoms with Crippen LogP contribution in [0.1, 0.15) is 5.82 Å². The molecule has 0 radical (unpaired) electrons. The van der Waals surface area contributed by atoms with Crippen LogP contribution in [0.15, 0.2) is 40.1 Å². The summed E-state index contributed by atoms with van der Waals surface area (Å²) in [6.45, 7) is 0.250. The van der Waals surface area contributed by atoms with Crippen LogP contribution in [-0.2, 0) is 16.4 Å². The van der Waals surface area contributed by atoms with Crippen LogP contribution in [0.4, 0.5) is 5.69 Å². The van der Waals surface area contributed by atoms with Crippen LogP contribution >= 0.6 is 11.8 Å². The number of hydrogen-bond acceptors (Lipinski definition) is 7. The highest BCUT2D eigenvalue weighted by atomic mass is 32.2. The van der Waals surface area contributed by atoms with E-state index in [-0.39, 0.29) is 12.3 Å². The van der Waals surface area contributed by atoms with E-state index < -0.39 is 10.0 Å². The molecule has 7 nitrogen and oxygen atoms in total. The summed E-state index contributed by atoms with van der Waals surface area (Å²) in [4.78, 5) is 4.71. The summed E-state index contributed by atoms with van der Waals surface area (Å²) >= 11 is 1.42. The highest BCUT2D eigenvalue weighted by molar-refractivity contribution is 8.00. The number of nitrogens with two attached hydrogens (primary N) is 1. The third-order valence-electron chi connectivity index (χ3n) is 2.61. The first kappa shape index (κ1) is 15.8. The van der Waals surface area contributed by atoms with E-state index in [0.29, 0.717) is 23.7 Å². The number of nitrogens with zero attached hydrogens (tertiary/aromatic N) is 2. The van der Waals surface area contributed by atoms with E-state index in [2.05, 4.69) is 19.4 Å². The summed E-state index contributed by atoms with van der Waals surface area (Å²) in [6, 6.07) is 7.38. The number of hydrogen-bond donors (Lipinski definition) is 2. The second-order valence-corrected chi connectivity index (χ2v) is 7.26. The Bertz CT molecular complexity index is 659. The molecule has 0 aliphatic carbocycles. The Hall–Kier alpha value is -1.58. The van der Waals surface area contributed by atoms with E-state index >= 15 is 0 Å². The summed E-state index contributed by atoms with van der Waals surface area (Å²) < 4.78 is 30.7. The molecule has 0 saturated carbocycles. The van der Waals surface area contributed by atoms with E-state index in [1.165, 1.54) is 18.2 Å². The Labute approximate surface area is 127 Å². The van der Waals surface area contributed by atoms with Gasteiger partial charge in [-0.15, -0.1) is 11.8 Å². The fraction of sp³-hybridized carbons (Fsp3) is 0.333. The molecule has 2 rings (SSSR count). The molecule has 0 fully saturated rings. The number of rotatable bonds is 8. The van der Waals surface area contributed by atoms with Crippen LogP contribution < -0.4 is 10.5 Å². The molecule has 1 aromatic heterocycles. The van der Waals surface area contributed by atoms with Crippen molar-refractivity contribution in [3.05, 3.63) is 36.5 Å². The summed E-state index contributed by atoms with van der Waals surface area (Å²) in [7, 11) is -3.32. The minimum absolute atomic E-state index is 0.0260. The first-order chi connectivity index (χ1) is 10.1. The van der Waals surface area contributed by atoms with E-state index in [1.54, 1.807) is 6.07 Å². The molecule has 0 spiro atoms. The lowest BCUT2D eigenvalue weighted by Gasteiger charge is -2.07. The van der Waals surface area contributed by atoms with Gasteiger partial charge >= 0.3 is 0 Å². The molecule has 0 bridgehead atoms. The monoisotopic (exact) mass is 328 g/mol. The maximum atomic E-state index is 11.8. The van der Waals surface area contributed by atoms with Crippen LogP contribution in [0.25, 0.3) is 0 Å². The van der Waals surface area contributed by atoms with Gasteiger partial charge in [0, 0.05) is 29.3 Å². The summed E-state index contributed by atoms with van der Waals surface area (Å²) in [6.07, 6.45) is 1.61. The summed E-state index contributed by atoms with van der Waals surface area (Å²) in [5.74, 6) is 0.938. The van der Waals surface area contributed by atoms with Gasteiger partial charge in [0.1, 0.15) is 0 Å². The van der Waals surface area contributed by atoms with Crippen LogP contribution in [0.5, 0.6) is 0 Å². The van der Waals surface area contributed by atoms with Gasteiger partial charge in [0.05, 0.1) is 5.75 Å². The number of thioether (sulfide) groups is 1. The molecule has 0 amide bonds. The van der Waals surface area contributed by atoms with E-state index in [0.717, 1.165) is 4.90 Å².